The van der Waals surface area contributed by atoms with Crippen LogP contribution in [0, 0.1) is 0 Å². The van der Waals surface area contributed by atoms with E-state index >= 15 is 0 Å². The van der Waals surface area contributed by atoms with Gasteiger partial charge in [0.15, 0.2) is 0 Å². The van der Waals surface area contributed by atoms with Crippen LogP contribution in [0.3, 0.4) is 0 Å². The first-order valence-electron chi connectivity index (χ1n) is 2.77. The molecular formula is C6H11NO2. The Balaban J connectivity index is 3.31. The molecule has 2 N–H and O–H groups in total. The normalized spacial score (nSPS) is 11.1. The SMILES string of the molecule is CC(C=O)=CNCCO. The van der Waals surface area contributed by atoms with Crippen LogP contribution >= 0.6 is 0 Å². The minimum absolute atomic E-state index is 0.0859. The maximum atomic E-state index is 9.93. The van der Waals surface area contributed by atoms with E-state index in [1.54, 1.807) is 13.1 Å². The number of aldehydes is 1. The molecule has 3 heteroatoms. The largest absolute Gasteiger partial charge is 0.395 e. The third-order valence-electron chi connectivity index (χ3n) is 0.772. The van der Waals surface area contributed by atoms with E-state index in [-0.39, 0.29) is 6.61 Å². The molecule has 0 aliphatic rings. The monoisotopic (exact) mass is 129 g/mol. The summed E-state index contributed by atoms with van der Waals surface area (Å²) in [4.78, 5) is 9.93. The summed E-state index contributed by atoms with van der Waals surface area (Å²) >= 11 is 0. The first-order valence-corrected chi connectivity index (χ1v) is 2.77. The van der Waals surface area contributed by atoms with Crippen molar-refractivity contribution in [3.05, 3.63) is 11.8 Å². The summed E-state index contributed by atoms with van der Waals surface area (Å²) in [5, 5.41) is 11.0. The van der Waals surface area contributed by atoms with Gasteiger partial charge in [0.2, 0.25) is 0 Å². The molecule has 0 spiro atoms. The van der Waals surface area contributed by atoms with Gasteiger partial charge in [-0.3, -0.25) is 4.79 Å². The Kier molecular flexibility index (Phi) is 4.82. The Labute approximate surface area is 54.4 Å². The second-order valence-corrected chi connectivity index (χ2v) is 1.68. The van der Waals surface area contributed by atoms with Crippen LogP contribution in [0.5, 0.6) is 0 Å². The van der Waals surface area contributed by atoms with Crippen molar-refractivity contribution in [2.24, 2.45) is 0 Å². The van der Waals surface area contributed by atoms with Crippen molar-refractivity contribution in [2.45, 2.75) is 6.92 Å². The summed E-state index contributed by atoms with van der Waals surface area (Å²) in [5.74, 6) is 0. The van der Waals surface area contributed by atoms with Crippen molar-refractivity contribution in [3.8, 4) is 0 Å². The first kappa shape index (κ1) is 8.17. The predicted molar refractivity (Wildman–Crippen MR) is 34.9 cm³/mol. The quantitative estimate of drug-likeness (QED) is 0.310. The van der Waals surface area contributed by atoms with Gasteiger partial charge in [-0.1, -0.05) is 0 Å². The van der Waals surface area contributed by atoms with Crippen LogP contribution in [0.1, 0.15) is 6.92 Å². The third kappa shape index (κ3) is 5.03. The number of carbonyl (C=O) groups is 1. The Morgan fingerprint density at radius 2 is 2.44 bits per heavy atom. The van der Waals surface area contributed by atoms with Gasteiger partial charge in [-0.05, 0) is 6.92 Å². The molecule has 0 aromatic carbocycles. The van der Waals surface area contributed by atoms with Crippen LogP contribution in [0.4, 0.5) is 0 Å². The molecule has 0 aliphatic heterocycles. The molecule has 0 atom stereocenters. The molecule has 0 amide bonds. The average Bonchev–Trinajstić information content (AvgIpc) is 1.89. The fourth-order valence-electron chi connectivity index (χ4n) is 0.332. The van der Waals surface area contributed by atoms with E-state index in [9.17, 15) is 4.79 Å². The predicted octanol–water partition coefficient (Wildman–Crippen LogP) is -0.329. The minimum atomic E-state index is 0.0859. The van der Waals surface area contributed by atoms with Crippen LogP contribution in [-0.2, 0) is 4.79 Å². The van der Waals surface area contributed by atoms with E-state index in [0.29, 0.717) is 12.1 Å². The molecule has 3 nitrogen and oxygen atoms in total. The van der Waals surface area contributed by atoms with Crippen LogP contribution in [0.15, 0.2) is 11.8 Å². The second kappa shape index (κ2) is 5.31. The van der Waals surface area contributed by atoms with Gasteiger partial charge in [-0.2, -0.15) is 0 Å². The van der Waals surface area contributed by atoms with Gasteiger partial charge in [0.1, 0.15) is 6.29 Å². The number of allylic oxidation sites excluding steroid dienone is 1. The molecule has 0 fully saturated rings. The number of aliphatic hydroxyl groups is 1. The lowest BCUT2D eigenvalue weighted by Gasteiger charge is -1.94. The van der Waals surface area contributed by atoms with Crippen LogP contribution in [-0.4, -0.2) is 24.5 Å². The molecule has 0 unspecified atom stereocenters. The highest BCUT2D eigenvalue weighted by Gasteiger charge is 1.80. The Morgan fingerprint density at radius 3 is 2.89 bits per heavy atom. The summed E-state index contributed by atoms with van der Waals surface area (Å²) in [7, 11) is 0. The lowest BCUT2D eigenvalue weighted by atomic mass is 10.4. The summed E-state index contributed by atoms with van der Waals surface area (Å²) in [6, 6.07) is 0. The molecule has 0 aromatic heterocycles. The van der Waals surface area contributed by atoms with Gasteiger partial charge in [0.05, 0.1) is 6.61 Å². The van der Waals surface area contributed by atoms with Crippen LogP contribution in [0.25, 0.3) is 0 Å². The highest BCUT2D eigenvalue weighted by molar-refractivity contribution is 5.71. The molecular weight excluding hydrogens is 118 g/mol. The lowest BCUT2D eigenvalue weighted by Crippen LogP contribution is -2.11. The first-order chi connectivity index (χ1) is 4.31. The van der Waals surface area contributed by atoms with E-state index < -0.39 is 0 Å². The van der Waals surface area contributed by atoms with Gasteiger partial charge in [-0.15, -0.1) is 0 Å². The van der Waals surface area contributed by atoms with Crippen molar-refractivity contribution in [1.29, 1.82) is 0 Å². The number of nitrogens with one attached hydrogen (secondary N) is 1. The summed E-state index contributed by atoms with van der Waals surface area (Å²) in [5.41, 5.74) is 0.628. The molecule has 9 heavy (non-hydrogen) atoms. The highest BCUT2D eigenvalue weighted by Crippen LogP contribution is 1.79. The molecule has 0 rings (SSSR count). The standard InChI is InChI=1S/C6H11NO2/c1-6(5-9)4-7-2-3-8/h4-5,7-8H,2-3H2,1H3. The summed E-state index contributed by atoms with van der Waals surface area (Å²) < 4.78 is 0. The maximum Gasteiger partial charge on any atom is 0.147 e. The Bertz CT molecular complexity index is 110. The molecule has 0 aliphatic carbocycles. The molecule has 0 aromatic rings. The third-order valence-corrected chi connectivity index (χ3v) is 0.772. The number of rotatable bonds is 4. The topological polar surface area (TPSA) is 49.3 Å². The van der Waals surface area contributed by atoms with Gasteiger partial charge in [0, 0.05) is 18.3 Å². The summed E-state index contributed by atoms with van der Waals surface area (Å²) in [6.07, 6.45) is 2.33. The zero-order valence-corrected chi connectivity index (χ0v) is 5.42. The molecule has 0 bridgehead atoms. The zero-order chi connectivity index (χ0) is 7.11. The van der Waals surface area contributed by atoms with Crippen molar-refractivity contribution in [1.82, 2.24) is 5.32 Å². The molecule has 0 saturated heterocycles. The van der Waals surface area contributed by atoms with E-state index in [4.69, 9.17) is 5.11 Å². The number of hydrogen-bond acceptors (Lipinski definition) is 3. The number of aliphatic hydroxyl groups excluding tert-OH is 1. The number of carbonyl (C=O) groups excluding carboxylic acids is 1. The maximum absolute atomic E-state index is 9.93. The van der Waals surface area contributed by atoms with Gasteiger partial charge < -0.3 is 10.4 Å². The molecule has 0 heterocycles. The van der Waals surface area contributed by atoms with E-state index in [1.807, 2.05) is 0 Å². The zero-order valence-electron chi connectivity index (χ0n) is 5.42. The Hall–Kier alpha value is -0.830. The van der Waals surface area contributed by atoms with Crippen LogP contribution < -0.4 is 5.32 Å². The van der Waals surface area contributed by atoms with Gasteiger partial charge in [-0.25, -0.2) is 0 Å². The average molecular weight is 129 g/mol. The smallest absolute Gasteiger partial charge is 0.147 e. The van der Waals surface area contributed by atoms with Crippen molar-refractivity contribution in [3.63, 3.8) is 0 Å². The summed E-state index contributed by atoms with van der Waals surface area (Å²) in [6.45, 7) is 2.27. The van der Waals surface area contributed by atoms with Gasteiger partial charge in [0.25, 0.3) is 0 Å². The fourth-order valence-corrected chi connectivity index (χ4v) is 0.332. The number of hydrogen-bond donors (Lipinski definition) is 2. The van der Waals surface area contributed by atoms with Crippen molar-refractivity contribution >= 4 is 6.29 Å². The minimum Gasteiger partial charge on any atom is -0.395 e. The van der Waals surface area contributed by atoms with Crippen LogP contribution in [0.2, 0.25) is 0 Å². The van der Waals surface area contributed by atoms with Crippen molar-refractivity contribution in [2.75, 3.05) is 13.2 Å². The van der Waals surface area contributed by atoms with E-state index in [2.05, 4.69) is 5.32 Å². The lowest BCUT2D eigenvalue weighted by molar-refractivity contribution is -0.104. The fraction of sp³-hybridized carbons (Fsp3) is 0.500. The van der Waals surface area contributed by atoms with E-state index in [1.165, 1.54) is 0 Å². The molecule has 0 saturated carbocycles. The van der Waals surface area contributed by atoms with Gasteiger partial charge >= 0.3 is 0 Å². The highest BCUT2D eigenvalue weighted by atomic mass is 16.3. The molecule has 0 radical (unpaired) electrons. The Morgan fingerprint density at radius 1 is 1.78 bits per heavy atom. The molecule has 52 valence electrons. The second-order valence-electron chi connectivity index (χ2n) is 1.68. The van der Waals surface area contributed by atoms with Crippen molar-refractivity contribution < 1.29 is 9.90 Å². The van der Waals surface area contributed by atoms with E-state index in [0.717, 1.165) is 6.29 Å².